The van der Waals surface area contributed by atoms with E-state index in [1.54, 1.807) is 6.07 Å². The minimum absolute atomic E-state index is 0.0750. The Balaban J connectivity index is 1.88. The lowest BCUT2D eigenvalue weighted by atomic mass is 9.91. The molecule has 0 aromatic heterocycles. The number of amides is 1. The molecular formula is C23H36N6O5S. The number of aliphatic carboxylic acids is 1. The van der Waals surface area contributed by atoms with E-state index in [0.717, 1.165) is 12.0 Å². The number of nitrogens with zero attached hydrogens (tertiary/aromatic N) is 2. The summed E-state index contributed by atoms with van der Waals surface area (Å²) in [6.45, 7) is 5.14. The van der Waals surface area contributed by atoms with E-state index in [9.17, 15) is 23.1 Å². The number of carboxylic acid groups (broad SMARTS) is 1. The van der Waals surface area contributed by atoms with E-state index in [2.05, 4.69) is 22.0 Å². The van der Waals surface area contributed by atoms with Crippen LogP contribution >= 0.6 is 0 Å². The van der Waals surface area contributed by atoms with Crippen molar-refractivity contribution in [1.82, 2.24) is 9.62 Å². The Kier molecular flexibility index (Phi) is 8.60. The quantitative estimate of drug-likeness (QED) is 0.184. The largest absolute Gasteiger partial charge is 0.480 e. The van der Waals surface area contributed by atoms with Gasteiger partial charge >= 0.3 is 5.97 Å². The van der Waals surface area contributed by atoms with Gasteiger partial charge in [0.1, 0.15) is 17.0 Å². The Hall–Kier alpha value is -2.86. The number of benzene rings is 1. The minimum Gasteiger partial charge on any atom is -0.480 e. The summed E-state index contributed by atoms with van der Waals surface area (Å²) in [6.07, 6.45) is 2.17. The molecule has 194 valence electrons. The number of likely N-dealkylation sites (tertiary alicyclic amines) is 1. The highest BCUT2D eigenvalue weighted by molar-refractivity contribution is 7.89. The van der Waals surface area contributed by atoms with Gasteiger partial charge in [0.15, 0.2) is 5.96 Å². The van der Waals surface area contributed by atoms with Gasteiger partial charge in [-0.15, -0.1) is 0 Å². The average molecular weight is 509 g/mol. The topological polar surface area (TPSA) is 180 Å². The van der Waals surface area contributed by atoms with Gasteiger partial charge < -0.3 is 26.8 Å². The zero-order valence-corrected chi connectivity index (χ0v) is 21.1. The van der Waals surface area contributed by atoms with Crippen molar-refractivity contribution in [3.8, 4) is 0 Å². The van der Waals surface area contributed by atoms with Gasteiger partial charge in [0, 0.05) is 19.6 Å². The predicted octanol–water partition coefficient (Wildman–Crippen LogP) is 0.703. The first-order valence-electron chi connectivity index (χ1n) is 12.0. The van der Waals surface area contributed by atoms with E-state index in [0.29, 0.717) is 37.4 Å². The van der Waals surface area contributed by atoms with E-state index >= 15 is 0 Å². The number of para-hydroxylation sites is 1. The summed E-state index contributed by atoms with van der Waals surface area (Å²) in [5, 5.41) is 12.9. The normalized spacial score (nSPS) is 23.0. The molecule has 35 heavy (non-hydrogen) atoms. The number of hydrogen-bond acceptors (Lipinski definition) is 6. The molecule has 12 heteroatoms. The number of anilines is 1. The standard InChI is InChI=1S/C23H36N6O5S/c1-14-8-10-29(18(12-14)22(31)32)21(30)17(6-4-9-26-23(24)25)28-35(33,34)19-7-3-5-16-11-15(2)13-27-20(16)19/h3,5,7,14-15,17-18,27-28H,4,6,8-13H2,1-2H3,(H,31,32)(H4,24,25,26)/t14?,15?,17-,18+/m0/s1. The first kappa shape index (κ1) is 26.7. The highest BCUT2D eigenvalue weighted by Crippen LogP contribution is 2.31. The number of hydrogen-bond donors (Lipinski definition) is 5. The van der Waals surface area contributed by atoms with Crippen LogP contribution in [-0.4, -0.2) is 68.0 Å². The van der Waals surface area contributed by atoms with Crippen LogP contribution < -0.4 is 21.5 Å². The highest BCUT2D eigenvalue weighted by atomic mass is 32.2. The van der Waals surface area contributed by atoms with Crippen LogP contribution in [0.1, 0.15) is 45.1 Å². The monoisotopic (exact) mass is 508 g/mol. The van der Waals surface area contributed by atoms with Crippen molar-refractivity contribution in [1.29, 1.82) is 0 Å². The number of rotatable bonds is 9. The molecule has 0 bridgehead atoms. The maximum Gasteiger partial charge on any atom is 0.326 e. The van der Waals surface area contributed by atoms with Crippen LogP contribution in [-0.2, 0) is 26.0 Å². The Labute approximate surface area is 206 Å². The SMILES string of the molecule is CC1CNc2c(cccc2S(=O)(=O)N[C@@H](CCCN=C(N)N)C(=O)N2CCC(C)C[C@@H]2C(=O)O)C1. The first-order valence-corrected chi connectivity index (χ1v) is 13.4. The number of aliphatic imine (C=N–C) groups is 1. The maximum absolute atomic E-state index is 13.5. The molecule has 11 nitrogen and oxygen atoms in total. The summed E-state index contributed by atoms with van der Waals surface area (Å²) in [6, 6.07) is 2.94. The first-order chi connectivity index (χ1) is 16.5. The molecule has 1 fully saturated rings. The molecule has 2 heterocycles. The molecule has 4 atom stereocenters. The fourth-order valence-corrected chi connectivity index (χ4v) is 6.17. The molecule has 0 spiro atoms. The van der Waals surface area contributed by atoms with E-state index in [1.807, 2.05) is 13.0 Å². The zero-order chi connectivity index (χ0) is 25.8. The molecule has 2 unspecified atom stereocenters. The highest BCUT2D eigenvalue weighted by Gasteiger charge is 2.39. The molecule has 1 saturated heterocycles. The molecule has 0 saturated carbocycles. The summed E-state index contributed by atoms with van der Waals surface area (Å²) < 4.78 is 29.5. The van der Waals surface area contributed by atoms with Crippen LogP contribution in [0.3, 0.4) is 0 Å². The molecule has 3 rings (SSSR count). The van der Waals surface area contributed by atoms with Gasteiger partial charge in [0.2, 0.25) is 15.9 Å². The minimum atomic E-state index is -4.10. The van der Waals surface area contributed by atoms with Gasteiger partial charge in [-0.1, -0.05) is 26.0 Å². The number of carbonyl (C=O) groups excluding carboxylic acids is 1. The van der Waals surface area contributed by atoms with Crippen molar-refractivity contribution in [2.45, 2.75) is 62.9 Å². The smallest absolute Gasteiger partial charge is 0.326 e. The van der Waals surface area contributed by atoms with E-state index in [4.69, 9.17) is 11.5 Å². The number of piperidine rings is 1. The van der Waals surface area contributed by atoms with Gasteiger partial charge in [-0.2, -0.15) is 4.72 Å². The van der Waals surface area contributed by atoms with Crippen LogP contribution in [0.15, 0.2) is 28.1 Å². The van der Waals surface area contributed by atoms with Crippen molar-refractivity contribution >= 4 is 33.5 Å². The van der Waals surface area contributed by atoms with Crippen molar-refractivity contribution in [3.05, 3.63) is 23.8 Å². The molecule has 1 amide bonds. The Morgan fingerprint density at radius 1 is 1.29 bits per heavy atom. The molecule has 1 aromatic rings. The number of nitrogens with two attached hydrogens (primary N) is 2. The van der Waals surface area contributed by atoms with Gasteiger partial charge in [-0.3, -0.25) is 9.79 Å². The van der Waals surface area contributed by atoms with Crippen LogP contribution in [0.2, 0.25) is 0 Å². The van der Waals surface area contributed by atoms with Crippen LogP contribution in [0.5, 0.6) is 0 Å². The molecule has 0 radical (unpaired) electrons. The van der Waals surface area contributed by atoms with Gasteiger partial charge in [-0.05, 0) is 55.6 Å². The zero-order valence-electron chi connectivity index (χ0n) is 20.2. The van der Waals surface area contributed by atoms with E-state index in [-0.39, 0.29) is 36.3 Å². The fourth-order valence-electron chi connectivity index (χ4n) is 4.72. The third kappa shape index (κ3) is 6.63. The second-order valence-corrected chi connectivity index (χ2v) is 11.3. The summed E-state index contributed by atoms with van der Waals surface area (Å²) >= 11 is 0. The molecule has 7 N–H and O–H groups in total. The van der Waals surface area contributed by atoms with E-state index < -0.39 is 34.0 Å². The third-order valence-corrected chi connectivity index (χ3v) is 8.09. The Bertz CT molecular complexity index is 1070. The van der Waals surface area contributed by atoms with Gasteiger partial charge in [0.05, 0.1) is 5.69 Å². The number of carbonyl (C=O) groups is 2. The maximum atomic E-state index is 13.5. The summed E-state index contributed by atoms with van der Waals surface area (Å²) in [4.78, 5) is 30.7. The average Bonchev–Trinajstić information content (AvgIpc) is 2.79. The van der Waals surface area contributed by atoms with Gasteiger partial charge in [0.25, 0.3) is 0 Å². The third-order valence-electron chi connectivity index (χ3n) is 6.57. The number of guanidine groups is 1. The van der Waals surface area contributed by atoms with E-state index in [1.165, 1.54) is 11.0 Å². The molecule has 0 aliphatic carbocycles. The second kappa shape index (κ2) is 11.3. The van der Waals surface area contributed by atoms with Gasteiger partial charge in [-0.25, -0.2) is 13.2 Å². The summed E-state index contributed by atoms with van der Waals surface area (Å²) in [5.74, 6) is -1.22. The molecule has 2 aliphatic rings. The predicted molar refractivity (Wildman–Crippen MR) is 133 cm³/mol. The summed E-state index contributed by atoms with van der Waals surface area (Å²) in [7, 11) is -4.10. The van der Waals surface area contributed by atoms with Crippen molar-refractivity contribution in [2.75, 3.05) is 25.0 Å². The number of nitrogens with one attached hydrogen (secondary N) is 2. The molecule has 2 aliphatic heterocycles. The lowest BCUT2D eigenvalue weighted by Crippen LogP contribution is -2.56. The van der Waals surface area contributed by atoms with Crippen LogP contribution in [0.25, 0.3) is 0 Å². The second-order valence-electron chi connectivity index (χ2n) is 9.62. The Morgan fingerprint density at radius 2 is 2.03 bits per heavy atom. The lowest BCUT2D eigenvalue weighted by molar-refractivity contribution is -0.153. The fraction of sp³-hybridized carbons (Fsp3) is 0.609. The number of carboxylic acids is 1. The Morgan fingerprint density at radius 3 is 2.71 bits per heavy atom. The number of fused-ring (bicyclic) bond motifs is 1. The number of sulfonamides is 1. The molecular weight excluding hydrogens is 472 g/mol. The summed E-state index contributed by atoms with van der Waals surface area (Å²) in [5.41, 5.74) is 12.2. The van der Waals surface area contributed by atoms with Crippen molar-refractivity contribution < 1.29 is 23.1 Å². The lowest BCUT2D eigenvalue weighted by Gasteiger charge is -2.38. The molecule has 1 aromatic carbocycles. The van der Waals surface area contributed by atoms with Crippen molar-refractivity contribution in [2.24, 2.45) is 28.3 Å². The van der Waals surface area contributed by atoms with Crippen LogP contribution in [0.4, 0.5) is 5.69 Å². The van der Waals surface area contributed by atoms with Crippen LogP contribution in [0, 0.1) is 11.8 Å². The van der Waals surface area contributed by atoms with Crippen molar-refractivity contribution in [3.63, 3.8) is 0 Å².